The third-order valence-corrected chi connectivity index (χ3v) is 7.86. The van der Waals surface area contributed by atoms with Gasteiger partial charge < -0.3 is 11.1 Å². The Balaban J connectivity index is 1.60. The first kappa shape index (κ1) is 23.2. The summed E-state index contributed by atoms with van der Waals surface area (Å²) in [5.41, 5.74) is 8.86. The predicted molar refractivity (Wildman–Crippen MR) is 131 cm³/mol. The molecule has 3 heterocycles. The molecular formula is C27H30N4O4. The van der Waals surface area contributed by atoms with Crippen LogP contribution in [-0.2, 0) is 31.1 Å². The number of nitrogens with two attached hydrogens (primary N) is 1. The number of nitrogens with zero attached hydrogens (tertiary/aromatic N) is 1. The minimum absolute atomic E-state index is 0.154. The first-order chi connectivity index (χ1) is 16.7. The Labute approximate surface area is 204 Å². The third-order valence-electron chi connectivity index (χ3n) is 7.86. The van der Waals surface area contributed by atoms with Crippen molar-refractivity contribution >= 4 is 35.0 Å². The van der Waals surface area contributed by atoms with E-state index in [1.807, 2.05) is 38.1 Å². The summed E-state index contributed by atoms with van der Waals surface area (Å²) in [5.74, 6) is -3.71. The number of imide groups is 1. The van der Waals surface area contributed by atoms with E-state index in [2.05, 4.69) is 17.6 Å². The molecule has 4 N–H and O–H groups in total. The van der Waals surface area contributed by atoms with E-state index in [0.29, 0.717) is 16.9 Å². The number of aryl methyl sites for hydroxylation is 2. The Bertz CT molecular complexity index is 1250. The molecule has 0 radical (unpaired) electrons. The molecule has 3 aliphatic rings. The Morgan fingerprint density at radius 3 is 2.43 bits per heavy atom. The molecule has 4 amide bonds. The van der Waals surface area contributed by atoms with Gasteiger partial charge in [0.2, 0.25) is 23.6 Å². The maximum absolute atomic E-state index is 13.9. The van der Waals surface area contributed by atoms with E-state index in [0.717, 1.165) is 36.0 Å². The van der Waals surface area contributed by atoms with Crippen molar-refractivity contribution in [2.75, 3.05) is 10.2 Å². The lowest BCUT2D eigenvalue weighted by Gasteiger charge is -2.29. The van der Waals surface area contributed by atoms with Gasteiger partial charge in [-0.25, -0.2) is 4.90 Å². The summed E-state index contributed by atoms with van der Waals surface area (Å²) in [4.78, 5) is 54.3. The van der Waals surface area contributed by atoms with Crippen LogP contribution in [0.25, 0.3) is 0 Å². The van der Waals surface area contributed by atoms with Crippen LogP contribution in [0.4, 0.5) is 11.4 Å². The van der Waals surface area contributed by atoms with Crippen LogP contribution in [0.2, 0.25) is 0 Å². The van der Waals surface area contributed by atoms with Crippen molar-refractivity contribution in [1.29, 1.82) is 0 Å². The van der Waals surface area contributed by atoms with Gasteiger partial charge in [-0.15, -0.1) is 0 Å². The summed E-state index contributed by atoms with van der Waals surface area (Å²) >= 11 is 0. The molecule has 0 bridgehead atoms. The number of anilines is 2. The number of nitrogens with one attached hydrogen (secondary N) is 2. The van der Waals surface area contributed by atoms with Crippen LogP contribution < -0.4 is 21.3 Å². The molecule has 2 saturated heterocycles. The highest BCUT2D eigenvalue weighted by Gasteiger charge is 2.70. The van der Waals surface area contributed by atoms with Crippen molar-refractivity contribution in [2.24, 2.45) is 17.6 Å². The monoisotopic (exact) mass is 474 g/mol. The summed E-state index contributed by atoms with van der Waals surface area (Å²) in [7, 11) is 0. The number of carbonyl (C=O) groups is 4. The largest absolute Gasteiger partial charge is 0.370 e. The molecule has 2 aromatic carbocycles. The van der Waals surface area contributed by atoms with E-state index in [1.54, 1.807) is 12.1 Å². The number of rotatable bonds is 6. The molecule has 1 spiro atoms. The number of hydrogen-bond acceptors (Lipinski definition) is 5. The molecular weight excluding hydrogens is 444 g/mol. The molecule has 8 nitrogen and oxygen atoms in total. The van der Waals surface area contributed by atoms with Crippen LogP contribution in [0.5, 0.6) is 0 Å². The van der Waals surface area contributed by atoms with Gasteiger partial charge in [0.15, 0.2) is 0 Å². The maximum Gasteiger partial charge on any atom is 0.250 e. The molecule has 182 valence electrons. The quantitative estimate of drug-likeness (QED) is 0.555. The van der Waals surface area contributed by atoms with Crippen molar-refractivity contribution in [3.05, 3.63) is 58.7 Å². The van der Waals surface area contributed by atoms with Crippen molar-refractivity contribution in [3.8, 4) is 0 Å². The Hall–Kier alpha value is -3.52. The lowest BCUT2D eigenvalue weighted by molar-refractivity contribution is -0.130. The second-order valence-corrected chi connectivity index (χ2v) is 9.90. The van der Waals surface area contributed by atoms with Crippen LogP contribution in [-0.4, -0.2) is 29.7 Å². The number of primary amides is 1. The zero-order valence-electron chi connectivity index (χ0n) is 20.2. The third kappa shape index (κ3) is 3.31. The predicted octanol–water partition coefficient (Wildman–Crippen LogP) is 2.45. The summed E-state index contributed by atoms with van der Waals surface area (Å²) in [6.07, 6.45) is 2.90. The normalized spacial score (nSPS) is 26.9. The minimum atomic E-state index is -1.44. The maximum atomic E-state index is 13.9. The van der Waals surface area contributed by atoms with E-state index in [4.69, 9.17) is 5.73 Å². The number of amides is 4. The zero-order valence-corrected chi connectivity index (χ0v) is 20.2. The summed E-state index contributed by atoms with van der Waals surface area (Å²) in [5, 5.41) is 6.18. The fourth-order valence-corrected chi connectivity index (χ4v) is 5.96. The molecule has 35 heavy (non-hydrogen) atoms. The molecule has 8 heteroatoms. The fraction of sp³-hybridized carbons (Fsp3) is 0.407. The van der Waals surface area contributed by atoms with E-state index in [-0.39, 0.29) is 12.3 Å². The van der Waals surface area contributed by atoms with Gasteiger partial charge in [0.05, 0.1) is 17.5 Å². The molecule has 5 rings (SSSR count). The Morgan fingerprint density at radius 1 is 1.06 bits per heavy atom. The highest BCUT2D eigenvalue weighted by Crippen LogP contribution is 2.54. The number of carbonyl (C=O) groups excluding carboxylic acids is 4. The SMILES string of the molecule is CCCCc1ccc(N2C(=O)[C@@H]3[C@H](CC(N)=O)N[C@]4(C(=O)Nc5c4ccc(C)c5C)[C@@H]3C2=O)cc1. The van der Waals surface area contributed by atoms with Crippen LogP contribution in [0, 0.1) is 25.7 Å². The molecule has 0 aliphatic carbocycles. The number of benzene rings is 2. The first-order valence-electron chi connectivity index (χ1n) is 12.2. The minimum Gasteiger partial charge on any atom is -0.370 e. The van der Waals surface area contributed by atoms with Crippen molar-refractivity contribution in [1.82, 2.24) is 5.32 Å². The molecule has 2 aromatic rings. The van der Waals surface area contributed by atoms with Crippen LogP contribution in [0.15, 0.2) is 36.4 Å². The van der Waals surface area contributed by atoms with Gasteiger partial charge in [0.25, 0.3) is 0 Å². The number of fused-ring (bicyclic) bond motifs is 4. The van der Waals surface area contributed by atoms with E-state index < -0.39 is 41.1 Å². The highest BCUT2D eigenvalue weighted by molar-refractivity contribution is 6.26. The van der Waals surface area contributed by atoms with Gasteiger partial charge in [-0.3, -0.25) is 24.5 Å². The van der Waals surface area contributed by atoms with Crippen molar-refractivity contribution in [3.63, 3.8) is 0 Å². The summed E-state index contributed by atoms with van der Waals surface area (Å²) in [6, 6.07) is 10.4. The highest BCUT2D eigenvalue weighted by atomic mass is 16.2. The van der Waals surface area contributed by atoms with Crippen LogP contribution in [0.1, 0.15) is 48.4 Å². The van der Waals surface area contributed by atoms with Gasteiger partial charge in [-0.2, -0.15) is 0 Å². The average molecular weight is 475 g/mol. The van der Waals surface area contributed by atoms with Crippen LogP contribution >= 0.6 is 0 Å². The van der Waals surface area contributed by atoms with Gasteiger partial charge in [-0.1, -0.05) is 37.6 Å². The second-order valence-electron chi connectivity index (χ2n) is 9.90. The Kier molecular flexibility index (Phi) is 5.51. The van der Waals surface area contributed by atoms with Gasteiger partial charge >= 0.3 is 0 Å². The molecule has 3 aliphatic heterocycles. The molecule has 0 aromatic heterocycles. The molecule has 0 unspecified atom stereocenters. The fourth-order valence-electron chi connectivity index (χ4n) is 5.96. The standard InChI is InChI=1S/C27H30N4O4/c1-4-5-6-16-8-10-17(11-9-16)31-24(33)21-19(13-20(28)32)30-27(22(21)25(31)34)18-12-7-14(2)15(3)23(18)29-26(27)35/h7-12,19,21-22,30H,4-6,13H2,1-3H3,(H2,28,32)(H,29,35)/t19-,21+,22-,27-/m0/s1. The Morgan fingerprint density at radius 2 is 1.77 bits per heavy atom. The van der Waals surface area contributed by atoms with Gasteiger partial charge in [0, 0.05) is 23.7 Å². The van der Waals surface area contributed by atoms with Crippen molar-refractivity contribution < 1.29 is 19.2 Å². The van der Waals surface area contributed by atoms with E-state index in [9.17, 15) is 19.2 Å². The van der Waals surface area contributed by atoms with E-state index >= 15 is 0 Å². The van der Waals surface area contributed by atoms with Gasteiger partial charge in [-0.05, 0) is 55.5 Å². The van der Waals surface area contributed by atoms with Crippen molar-refractivity contribution in [2.45, 2.75) is 58.0 Å². The van der Waals surface area contributed by atoms with Crippen LogP contribution in [0.3, 0.4) is 0 Å². The number of hydrogen-bond donors (Lipinski definition) is 3. The molecule has 4 atom stereocenters. The number of unbranched alkanes of at least 4 members (excludes halogenated alkanes) is 1. The zero-order chi connectivity index (χ0) is 25.1. The molecule has 0 saturated carbocycles. The lowest BCUT2D eigenvalue weighted by atomic mass is 9.76. The summed E-state index contributed by atoms with van der Waals surface area (Å²) < 4.78 is 0. The lowest BCUT2D eigenvalue weighted by Crippen LogP contribution is -2.53. The average Bonchev–Trinajstić information content (AvgIpc) is 3.40. The topological polar surface area (TPSA) is 122 Å². The first-order valence-corrected chi connectivity index (χ1v) is 12.2. The summed E-state index contributed by atoms with van der Waals surface area (Å²) in [6.45, 7) is 5.99. The van der Waals surface area contributed by atoms with E-state index in [1.165, 1.54) is 4.90 Å². The molecule has 2 fully saturated rings. The second kappa shape index (κ2) is 8.30. The smallest absolute Gasteiger partial charge is 0.250 e. The van der Waals surface area contributed by atoms with Gasteiger partial charge in [0.1, 0.15) is 5.54 Å².